The lowest BCUT2D eigenvalue weighted by Gasteiger charge is -2.34. The Morgan fingerprint density at radius 1 is 1.47 bits per heavy atom. The lowest BCUT2D eigenvalue weighted by Crippen LogP contribution is -2.39. The minimum absolute atomic E-state index is 0.159. The zero-order chi connectivity index (χ0) is 12.4. The molecule has 3 heteroatoms. The predicted octanol–water partition coefficient (Wildman–Crippen LogP) is 1.41. The molecule has 17 heavy (non-hydrogen) atoms. The number of hydrogen-bond donors (Lipinski definition) is 2. The molecule has 2 rings (SSSR count). The summed E-state index contributed by atoms with van der Waals surface area (Å²) in [5, 5.41) is 19.0. The van der Waals surface area contributed by atoms with E-state index in [0.29, 0.717) is 5.92 Å². The summed E-state index contributed by atoms with van der Waals surface area (Å²) in [4.78, 5) is 2.27. The number of allylic oxidation sites excluding steroid dienone is 1. The van der Waals surface area contributed by atoms with Gasteiger partial charge >= 0.3 is 0 Å². The fraction of sp³-hybridized carbons (Fsp3) is 0.857. The summed E-state index contributed by atoms with van der Waals surface area (Å²) in [6.07, 6.45) is 5.29. The fourth-order valence-corrected chi connectivity index (χ4v) is 3.32. The molecular weight excluding hydrogens is 214 g/mol. The Hall–Kier alpha value is -0.380. The first-order chi connectivity index (χ1) is 8.11. The van der Waals surface area contributed by atoms with Crippen LogP contribution in [0, 0.1) is 11.8 Å². The average Bonchev–Trinajstić information content (AvgIpc) is 2.64. The second kappa shape index (κ2) is 5.51. The highest BCUT2D eigenvalue weighted by Crippen LogP contribution is 2.32. The van der Waals surface area contributed by atoms with Gasteiger partial charge in [-0.05, 0) is 38.0 Å². The quantitative estimate of drug-likeness (QED) is 0.732. The van der Waals surface area contributed by atoms with Crippen LogP contribution in [0.2, 0.25) is 0 Å². The van der Waals surface area contributed by atoms with Crippen LogP contribution in [-0.4, -0.2) is 47.0 Å². The van der Waals surface area contributed by atoms with Crippen LogP contribution >= 0.6 is 0 Å². The molecule has 0 unspecified atom stereocenters. The summed E-state index contributed by atoms with van der Waals surface area (Å²) in [6.45, 7) is 6.43. The number of rotatable bonds is 3. The van der Waals surface area contributed by atoms with Crippen LogP contribution in [0.1, 0.15) is 33.1 Å². The van der Waals surface area contributed by atoms with Gasteiger partial charge in [0.15, 0.2) is 0 Å². The molecular formula is C14H25NO2. The monoisotopic (exact) mass is 239 g/mol. The Morgan fingerprint density at radius 2 is 2.24 bits per heavy atom. The van der Waals surface area contributed by atoms with Gasteiger partial charge in [-0.15, -0.1) is 0 Å². The van der Waals surface area contributed by atoms with Gasteiger partial charge in [0.25, 0.3) is 0 Å². The first kappa shape index (κ1) is 13.1. The van der Waals surface area contributed by atoms with Crippen molar-refractivity contribution in [2.75, 3.05) is 19.7 Å². The van der Waals surface area contributed by atoms with E-state index >= 15 is 0 Å². The summed E-state index contributed by atoms with van der Waals surface area (Å²) in [7, 11) is 0. The fourth-order valence-electron chi connectivity index (χ4n) is 3.32. The van der Waals surface area contributed by atoms with Crippen molar-refractivity contribution in [3.8, 4) is 0 Å². The SMILES string of the molecule is CC1=CCC[C@@H](C)[C@@H]1CN1C[C@@H](O)C[C@H]1CO. The molecule has 0 aromatic rings. The molecule has 1 saturated heterocycles. The smallest absolute Gasteiger partial charge is 0.0683 e. The molecule has 98 valence electrons. The highest BCUT2D eigenvalue weighted by atomic mass is 16.3. The van der Waals surface area contributed by atoms with Crippen LogP contribution in [0.4, 0.5) is 0 Å². The maximum Gasteiger partial charge on any atom is 0.0683 e. The van der Waals surface area contributed by atoms with E-state index in [0.717, 1.165) is 25.4 Å². The van der Waals surface area contributed by atoms with Crippen molar-refractivity contribution in [1.29, 1.82) is 0 Å². The van der Waals surface area contributed by atoms with E-state index in [2.05, 4.69) is 24.8 Å². The van der Waals surface area contributed by atoms with E-state index in [-0.39, 0.29) is 18.8 Å². The molecule has 3 nitrogen and oxygen atoms in total. The zero-order valence-corrected chi connectivity index (χ0v) is 11.0. The van der Waals surface area contributed by atoms with Gasteiger partial charge < -0.3 is 10.2 Å². The number of hydrogen-bond acceptors (Lipinski definition) is 3. The molecule has 1 fully saturated rings. The standard InChI is InChI=1S/C14H25NO2/c1-10-4-3-5-11(2)14(10)8-15-7-13(17)6-12(15)9-16/h4,11-14,16-17H,3,5-9H2,1-2H3/t11-,12+,13+,14-/m1/s1. The molecule has 1 aliphatic heterocycles. The summed E-state index contributed by atoms with van der Waals surface area (Å²) in [5.41, 5.74) is 1.49. The first-order valence-electron chi connectivity index (χ1n) is 6.81. The minimum atomic E-state index is -0.254. The first-order valence-corrected chi connectivity index (χ1v) is 6.81. The Morgan fingerprint density at radius 3 is 2.88 bits per heavy atom. The van der Waals surface area contributed by atoms with Crippen molar-refractivity contribution in [3.63, 3.8) is 0 Å². The van der Waals surface area contributed by atoms with Crippen molar-refractivity contribution in [1.82, 2.24) is 4.90 Å². The zero-order valence-electron chi connectivity index (χ0n) is 11.0. The van der Waals surface area contributed by atoms with Crippen LogP contribution in [0.15, 0.2) is 11.6 Å². The number of aliphatic hydroxyl groups excluding tert-OH is 2. The molecule has 1 aliphatic carbocycles. The highest BCUT2D eigenvalue weighted by molar-refractivity contribution is 5.10. The van der Waals surface area contributed by atoms with Gasteiger partial charge in [-0.1, -0.05) is 18.6 Å². The maximum absolute atomic E-state index is 9.70. The van der Waals surface area contributed by atoms with Gasteiger partial charge in [0.2, 0.25) is 0 Å². The van der Waals surface area contributed by atoms with Crippen molar-refractivity contribution >= 4 is 0 Å². The highest BCUT2D eigenvalue weighted by Gasteiger charge is 2.33. The normalized spacial score (nSPS) is 39.4. The Kier molecular flexibility index (Phi) is 4.23. The molecule has 0 radical (unpaired) electrons. The average molecular weight is 239 g/mol. The van der Waals surface area contributed by atoms with Crippen LogP contribution in [0.3, 0.4) is 0 Å². The lowest BCUT2D eigenvalue weighted by molar-refractivity contribution is 0.130. The molecule has 0 saturated carbocycles. The Bertz CT molecular complexity index is 290. The van der Waals surface area contributed by atoms with Crippen LogP contribution in [0.5, 0.6) is 0 Å². The second-order valence-corrected chi connectivity index (χ2v) is 5.79. The lowest BCUT2D eigenvalue weighted by atomic mass is 9.80. The third-order valence-corrected chi connectivity index (χ3v) is 4.51. The van der Waals surface area contributed by atoms with Crippen LogP contribution in [0.25, 0.3) is 0 Å². The van der Waals surface area contributed by atoms with Gasteiger partial charge in [0.05, 0.1) is 12.7 Å². The molecule has 1 heterocycles. The van der Waals surface area contributed by atoms with E-state index in [1.54, 1.807) is 0 Å². The molecule has 2 aliphatic rings. The number of β-amino-alcohol motifs (C(OH)–C–C–N with tert-alkyl or cyclic N) is 1. The van der Waals surface area contributed by atoms with E-state index < -0.39 is 0 Å². The number of aliphatic hydroxyl groups is 2. The third-order valence-electron chi connectivity index (χ3n) is 4.51. The van der Waals surface area contributed by atoms with Gasteiger partial charge in [0.1, 0.15) is 0 Å². The second-order valence-electron chi connectivity index (χ2n) is 5.79. The van der Waals surface area contributed by atoms with Crippen molar-refractivity contribution in [2.45, 2.75) is 45.3 Å². The minimum Gasteiger partial charge on any atom is -0.395 e. The van der Waals surface area contributed by atoms with Crippen molar-refractivity contribution in [3.05, 3.63) is 11.6 Å². The van der Waals surface area contributed by atoms with E-state index in [4.69, 9.17) is 0 Å². The van der Waals surface area contributed by atoms with Gasteiger partial charge in [-0.25, -0.2) is 0 Å². The molecule has 0 aromatic carbocycles. The van der Waals surface area contributed by atoms with Gasteiger partial charge in [-0.2, -0.15) is 0 Å². The maximum atomic E-state index is 9.70. The number of likely N-dealkylation sites (tertiary alicyclic amines) is 1. The van der Waals surface area contributed by atoms with Crippen molar-refractivity contribution < 1.29 is 10.2 Å². The van der Waals surface area contributed by atoms with E-state index in [1.807, 2.05) is 0 Å². The topological polar surface area (TPSA) is 43.7 Å². The summed E-state index contributed by atoms with van der Waals surface area (Å²) < 4.78 is 0. The van der Waals surface area contributed by atoms with E-state index in [1.165, 1.54) is 18.4 Å². The predicted molar refractivity (Wildman–Crippen MR) is 68.7 cm³/mol. The molecule has 0 spiro atoms. The molecule has 0 bridgehead atoms. The molecule has 0 amide bonds. The largest absolute Gasteiger partial charge is 0.395 e. The third kappa shape index (κ3) is 2.90. The molecule has 2 N–H and O–H groups in total. The van der Waals surface area contributed by atoms with Crippen LogP contribution in [-0.2, 0) is 0 Å². The van der Waals surface area contributed by atoms with Crippen molar-refractivity contribution in [2.24, 2.45) is 11.8 Å². The van der Waals surface area contributed by atoms with E-state index in [9.17, 15) is 10.2 Å². The van der Waals surface area contributed by atoms with Gasteiger partial charge in [-0.3, -0.25) is 4.90 Å². The summed E-state index contributed by atoms with van der Waals surface area (Å²) in [6, 6.07) is 0.159. The summed E-state index contributed by atoms with van der Waals surface area (Å²) in [5.74, 6) is 1.32. The van der Waals surface area contributed by atoms with Gasteiger partial charge in [0, 0.05) is 19.1 Å². The number of nitrogens with zero attached hydrogens (tertiary/aromatic N) is 1. The Balaban J connectivity index is 1.99. The molecule has 0 aromatic heterocycles. The summed E-state index contributed by atoms with van der Waals surface area (Å²) >= 11 is 0. The molecule has 4 atom stereocenters. The van der Waals surface area contributed by atoms with Crippen LogP contribution < -0.4 is 0 Å². The Labute approximate surface area is 104 Å².